The zero-order valence-electron chi connectivity index (χ0n) is 5.11. The van der Waals surface area contributed by atoms with E-state index in [1.165, 1.54) is 0 Å². The predicted molar refractivity (Wildman–Crippen MR) is 34.5 cm³/mol. The van der Waals surface area contributed by atoms with Crippen LogP contribution in [-0.2, 0) is 0 Å². The van der Waals surface area contributed by atoms with Gasteiger partial charge in [-0.25, -0.2) is 9.89 Å². The summed E-state index contributed by atoms with van der Waals surface area (Å²) in [5.41, 5.74) is 0. The Bertz CT molecular complexity index is 128. The molecule has 0 fully saturated rings. The molecule has 0 saturated heterocycles. The van der Waals surface area contributed by atoms with Gasteiger partial charge in [-0.05, 0) is 11.6 Å². The Morgan fingerprint density at radius 3 is 2.62 bits per heavy atom. The zero-order chi connectivity index (χ0) is 6.20. The molecule has 0 bridgehead atoms. The number of nitrogens with zero attached hydrogens (tertiary/aromatic N) is 1. The second kappa shape index (κ2) is 1.71. The number of hydrogen-bond acceptors (Lipinski definition) is 1. The third-order valence-electron chi connectivity index (χ3n) is 1.45. The highest BCUT2D eigenvalue weighted by atomic mass is 35.5. The average Bonchev–Trinajstić information content (AvgIpc) is 1.86. The van der Waals surface area contributed by atoms with Gasteiger partial charge in [0.1, 0.15) is 7.05 Å². The summed E-state index contributed by atoms with van der Waals surface area (Å²) in [6.07, 6.45) is 2.02. The van der Waals surface area contributed by atoms with Crippen LogP contribution in [0.1, 0.15) is 6.92 Å². The van der Waals surface area contributed by atoms with E-state index in [0.29, 0.717) is 0 Å². The molecule has 1 unspecified atom stereocenters. The van der Waals surface area contributed by atoms with E-state index in [4.69, 9.17) is 11.6 Å². The van der Waals surface area contributed by atoms with Crippen molar-refractivity contribution in [3.8, 4) is 0 Å². The number of nitrogens with one attached hydrogen (secondary N) is 1. The highest BCUT2D eigenvalue weighted by molar-refractivity contribution is 6.22. The van der Waals surface area contributed by atoms with Gasteiger partial charge < -0.3 is 0 Å². The van der Waals surface area contributed by atoms with Gasteiger partial charge in [0.2, 0.25) is 0 Å². The van der Waals surface area contributed by atoms with Crippen LogP contribution in [0.2, 0.25) is 0 Å². The van der Waals surface area contributed by atoms with Crippen molar-refractivity contribution in [3.63, 3.8) is 0 Å². The van der Waals surface area contributed by atoms with E-state index < -0.39 is 0 Å². The first-order valence-electron chi connectivity index (χ1n) is 2.63. The smallest absolute Gasteiger partial charge is 0.234 e. The Morgan fingerprint density at radius 1 is 1.88 bits per heavy atom. The Kier molecular flexibility index (Phi) is 1.29. The van der Waals surface area contributed by atoms with Gasteiger partial charge in [-0.3, -0.25) is 0 Å². The first kappa shape index (κ1) is 6.05. The molecular weight excluding hydrogens is 124 g/mol. The van der Waals surface area contributed by atoms with E-state index in [0.717, 1.165) is 6.54 Å². The van der Waals surface area contributed by atoms with Gasteiger partial charge in [0.15, 0.2) is 6.21 Å². The highest BCUT2D eigenvalue weighted by Gasteiger charge is 2.33. The third kappa shape index (κ3) is 0.858. The van der Waals surface area contributed by atoms with Gasteiger partial charge in [-0.15, -0.1) is 0 Å². The summed E-state index contributed by atoms with van der Waals surface area (Å²) in [5.74, 6) is 0. The van der Waals surface area contributed by atoms with Crippen LogP contribution in [0.5, 0.6) is 0 Å². The maximum Gasteiger partial charge on any atom is 0.291 e. The average molecular weight is 134 g/mol. The molecule has 1 rings (SSSR count). The van der Waals surface area contributed by atoms with Crippen molar-refractivity contribution in [2.75, 3.05) is 13.6 Å². The Balaban J connectivity index is 2.73. The molecule has 2 nitrogen and oxygen atoms in total. The van der Waals surface area contributed by atoms with E-state index in [2.05, 4.69) is 5.32 Å². The molecule has 0 aliphatic carbocycles. The van der Waals surface area contributed by atoms with Crippen molar-refractivity contribution in [1.29, 1.82) is 0 Å². The minimum atomic E-state index is -0.347. The van der Waals surface area contributed by atoms with Gasteiger partial charge in [-0.2, -0.15) is 0 Å². The molecule has 1 atom stereocenters. The molecule has 0 spiro atoms. The second-order valence-electron chi connectivity index (χ2n) is 2.13. The minimum Gasteiger partial charge on any atom is -0.234 e. The summed E-state index contributed by atoms with van der Waals surface area (Å²) in [7, 11) is 1.95. The quantitative estimate of drug-likeness (QED) is 0.284. The van der Waals surface area contributed by atoms with Crippen molar-refractivity contribution in [2.24, 2.45) is 0 Å². The van der Waals surface area contributed by atoms with E-state index in [-0.39, 0.29) is 5.12 Å². The molecule has 1 aliphatic rings. The summed E-state index contributed by atoms with van der Waals surface area (Å²) in [6, 6.07) is 0. The monoisotopic (exact) mass is 133 g/mol. The van der Waals surface area contributed by atoms with Crippen LogP contribution < -0.4 is 5.32 Å². The standard InChI is InChI=1S/C5H10ClN2/c1-5(6)7-3-4-8(5)2/h4,7H,3H2,1-2H3/q+1. The van der Waals surface area contributed by atoms with Crippen LogP contribution in [-0.4, -0.2) is 29.5 Å². The highest BCUT2D eigenvalue weighted by Crippen LogP contribution is 2.11. The van der Waals surface area contributed by atoms with Crippen LogP contribution in [0.3, 0.4) is 0 Å². The fourth-order valence-corrected chi connectivity index (χ4v) is 0.811. The lowest BCUT2D eigenvalue weighted by molar-refractivity contribution is -0.545. The number of halogens is 1. The van der Waals surface area contributed by atoms with Crippen molar-refractivity contribution in [2.45, 2.75) is 12.0 Å². The van der Waals surface area contributed by atoms with E-state index >= 15 is 0 Å². The first-order chi connectivity index (χ1) is 3.63. The van der Waals surface area contributed by atoms with Gasteiger partial charge in [-0.1, -0.05) is 0 Å². The summed E-state index contributed by atoms with van der Waals surface area (Å²) in [5, 5.41) is 2.73. The Morgan fingerprint density at radius 2 is 2.50 bits per heavy atom. The van der Waals surface area contributed by atoms with Crippen molar-refractivity contribution in [1.82, 2.24) is 5.32 Å². The zero-order valence-corrected chi connectivity index (χ0v) is 5.87. The maximum absolute atomic E-state index is 5.90. The topological polar surface area (TPSA) is 15.0 Å². The van der Waals surface area contributed by atoms with Crippen LogP contribution in [0.15, 0.2) is 0 Å². The molecule has 1 aliphatic heterocycles. The number of rotatable bonds is 0. The minimum absolute atomic E-state index is 0.347. The molecular formula is C5H10ClN2+. The molecule has 3 heteroatoms. The molecule has 46 valence electrons. The largest absolute Gasteiger partial charge is 0.291 e. The van der Waals surface area contributed by atoms with Crippen molar-refractivity contribution >= 4 is 17.8 Å². The predicted octanol–water partition coefficient (Wildman–Crippen LogP) is 0.215. The van der Waals surface area contributed by atoms with E-state index in [1.54, 1.807) is 0 Å². The number of alkyl halides is 1. The van der Waals surface area contributed by atoms with E-state index in [9.17, 15) is 0 Å². The van der Waals surface area contributed by atoms with Crippen LogP contribution in [0.25, 0.3) is 0 Å². The summed E-state index contributed by atoms with van der Waals surface area (Å²) < 4.78 is 1.95. The van der Waals surface area contributed by atoms with Gasteiger partial charge in [0, 0.05) is 6.92 Å². The lowest BCUT2D eigenvalue weighted by atomic mass is 10.6. The maximum atomic E-state index is 5.90. The van der Waals surface area contributed by atoms with Crippen LogP contribution >= 0.6 is 11.6 Å². The molecule has 0 radical (unpaired) electrons. The van der Waals surface area contributed by atoms with Gasteiger partial charge in [0.25, 0.3) is 5.12 Å². The molecule has 0 aromatic carbocycles. The molecule has 0 amide bonds. The fraction of sp³-hybridized carbons (Fsp3) is 0.800. The molecule has 0 aromatic rings. The summed E-state index contributed by atoms with van der Waals surface area (Å²) in [6.45, 7) is 2.80. The summed E-state index contributed by atoms with van der Waals surface area (Å²) in [4.78, 5) is 0. The normalized spacial score (nSPS) is 37.6. The van der Waals surface area contributed by atoms with Crippen LogP contribution in [0, 0.1) is 0 Å². The molecule has 0 saturated carbocycles. The third-order valence-corrected chi connectivity index (χ3v) is 1.85. The molecule has 0 aromatic heterocycles. The Hall–Kier alpha value is -0.0800. The number of hydrogen-bond donors (Lipinski definition) is 1. The lowest BCUT2D eigenvalue weighted by Gasteiger charge is -2.09. The van der Waals surface area contributed by atoms with Gasteiger partial charge >= 0.3 is 0 Å². The van der Waals surface area contributed by atoms with Gasteiger partial charge in [0.05, 0.1) is 6.54 Å². The van der Waals surface area contributed by atoms with E-state index in [1.807, 2.05) is 24.8 Å². The lowest BCUT2D eigenvalue weighted by Crippen LogP contribution is -2.38. The SMILES string of the molecule is C[N+]1=CCNC1(C)Cl. The van der Waals surface area contributed by atoms with Crippen LogP contribution in [0.4, 0.5) is 0 Å². The molecule has 1 N–H and O–H groups in total. The van der Waals surface area contributed by atoms with Crippen molar-refractivity contribution < 1.29 is 4.58 Å². The molecule has 1 heterocycles. The first-order valence-corrected chi connectivity index (χ1v) is 3.01. The fourth-order valence-electron chi connectivity index (χ4n) is 0.665. The van der Waals surface area contributed by atoms with Crippen molar-refractivity contribution in [3.05, 3.63) is 0 Å². The molecule has 8 heavy (non-hydrogen) atoms. The Labute approximate surface area is 54.2 Å². The summed E-state index contributed by atoms with van der Waals surface area (Å²) >= 11 is 5.90. The second-order valence-corrected chi connectivity index (χ2v) is 2.86.